The van der Waals surface area contributed by atoms with Gasteiger partial charge in [-0.2, -0.15) is 4.39 Å². The van der Waals surface area contributed by atoms with E-state index in [1.165, 1.54) is 6.07 Å². The van der Waals surface area contributed by atoms with Gasteiger partial charge in [-0.05, 0) is 51.2 Å². The standard InChI is InChI=1S/C6H2F3I2N/c7-5(8)3-1-2(10)4(11)6(9)12-3/h1,5H. The van der Waals surface area contributed by atoms with E-state index in [-0.39, 0.29) is 3.57 Å². The predicted molar refractivity (Wildman–Crippen MR) is 54.6 cm³/mol. The Bertz CT molecular complexity index is 280. The molecule has 0 aliphatic carbocycles. The third kappa shape index (κ3) is 2.21. The SMILES string of the molecule is Fc1nc(C(F)F)cc(I)c1I. The number of hydrogen-bond acceptors (Lipinski definition) is 1. The van der Waals surface area contributed by atoms with E-state index in [2.05, 4.69) is 4.98 Å². The highest BCUT2D eigenvalue weighted by molar-refractivity contribution is 14.1. The van der Waals surface area contributed by atoms with Crippen LogP contribution >= 0.6 is 45.2 Å². The summed E-state index contributed by atoms with van der Waals surface area (Å²) >= 11 is 3.51. The normalized spacial score (nSPS) is 10.8. The molecule has 6 heteroatoms. The zero-order chi connectivity index (χ0) is 9.30. The first-order valence-corrected chi connectivity index (χ1v) is 4.97. The molecule has 0 aliphatic heterocycles. The Hall–Kier alpha value is 0.400. The summed E-state index contributed by atoms with van der Waals surface area (Å²) in [5, 5.41) is 0. The van der Waals surface area contributed by atoms with E-state index in [9.17, 15) is 13.2 Å². The first-order chi connectivity index (χ1) is 5.52. The highest BCUT2D eigenvalue weighted by Gasteiger charge is 2.14. The van der Waals surface area contributed by atoms with Crippen LogP contribution in [-0.4, -0.2) is 4.98 Å². The van der Waals surface area contributed by atoms with Gasteiger partial charge in [0, 0.05) is 3.57 Å². The van der Waals surface area contributed by atoms with Gasteiger partial charge in [-0.3, -0.25) is 0 Å². The fourth-order valence-electron chi connectivity index (χ4n) is 0.598. The molecule has 0 atom stereocenters. The van der Waals surface area contributed by atoms with Crippen LogP contribution in [0.15, 0.2) is 6.07 Å². The molecule has 0 aromatic carbocycles. The molecule has 0 bridgehead atoms. The molecule has 1 aromatic heterocycles. The van der Waals surface area contributed by atoms with Crippen LogP contribution in [0.5, 0.6) is 0 Å². The molecule has 66 valence electrons. The molecule has 0 radical (unpaired) electrons. The van der Waals surface area contributed by atoms with Crippen LogP contribution in [0.1, 0.15) is 12.1 Å². The van der Waals surface area contributed by atoms with Crippen molar-refractivity contribution in [2.45, 2.75) is 6.43 Å². The van der Waals surface area contributed by atoms with Crippen LogP contribution in [0.25, 0.3) is 0 Å². The number of aromatic nitrogens is 1. The Morgan fingerprint density at radius 1 is 1.33 bits per heavy atom. The van der Waals surface area contributed by atoms with E-state index in [1.807, 2.05) is 0 Å². The van der Waals surface area contributed by atoms with Gasteiger partial charge in [0.25, 0.3) is 6.43 Å². The van der Waals surface area contributed by atoms with Gasteiger partial charge in [-0.15, -0.1) is 0 Å². The quantitative estimate of drug-likeness (QED) is 0.522. The number of pyridine rings is 1. The zero-order valence-electron chi connectivity index (χ0n) is 5.49. The van der Waals surface area contributed by atoms with E-state index in [1.54, 1.807) is 45.2 Å². The minimum atomic E-state index is -2.72. The topological polar surface area (TPSA) is 12.9 Å². The van der Waals surface area contributed by atoms with Crippen LogP contribution in [0.4, 0.5) is 13.2 Å². The van der Waals surface area contributed by atoms with Gasteiger partial charge in [0.2, 0.25) is 5.95 Å². The minimum Gasteiger partial charge on any atom is -0.218 e. The Kier molecular flexibility index (Phi) is 3.56. The third-order valence-electron chi connectivity index (χ3n) is 1.12. The molecule has 0 spiro atoms. The fourth-order valence-corrected chi connectivity index (χ4v) is 1.42. The molecule has 1 rings (SSSR count). The summed E-state index contributed by atoms with van der Waals surface area (Å²) in [4.78, 5) is 3.10. The van der Waals surface area contributed by atoms with Crippen molar-refractivity contribution in [3.05, 3.63) is 24.8 Å². The van der Waals surface area contributed by atoms with Crippen molar-refractivity contribution >= 4 is 45.2 Å². The number of alkyl halides is 2. The highest BCUT2D eigenvalue weighted by atomic mass is 127. The summed E-state index contributed by atoms with van der Waals surface area (Å²) in [6.07, 6.45) is -2.72. The van der Waals surface area contributed by atoms with Crippen LogP contribution in [-0.2, 0) is 0 Å². The number of nitrogens with zero attached hydrogens (tertiary/aromatic N) is 1. The minimum absolute atomic E-state index is 0.276. The fraction of sp³-hybridized carbons (Fsp3) is 0.167. The summed E-state index contributed by atoms with van der Waals surface area (Å²) in [5.74, 6) is -0.835. The van der Waals surface area contributed by atoms with Crippen molar-refractivity contribution in [3.63, 3.8) is 0 Å². The lowest BCUT2D eigenvalue weighted by atomic mass is 10.4. The first-order valence-electron chi connectivity index (χ1n) is 2.82. The zero-order valence-corrected chi connectivity index (χ0v) is 9.81. The van der Waals surface area contributed by atoms with Crippen molar-refractivity contribution in [1.29, 1.82) is 0 Å². The largest absolute Gasteiger partial charge is 0.280 e. The predicted octanol–water partition coefficient (Wildman–Crippen LogP) is 3.37. The molecule has 0 saturated carbocycles. The van der Waals surface area contributed by atoms with Gasteiger partial charge >= 0.3 is 0 Å². The van der Waals surface area contributed by atoms with Crippen molar-refractivity contribution in [1.82, 2.24) is 4.98 Å². The van der Waals surface area contributed by atoms with Gasteiger partial charge in [0.15, 0.2) is 0 Å². The first kappa shape index (κ1) is 10.5. The van der Waals surface area contributed by atoms with Crippen molar-refractivity contribution in [2.75, 3.05) is 0 Å². The van der Waals surface area contributed by atoms with Gasteiger partial charge in [-0.25, -0.2) is 13.8 Å². The molecular weight excluding hydrogens is 397 g/mol. The Morgan fingerprint density at radius 3 is 2.33 bits per heavy atom. The maximum Gasteiger partial charge on any atom is 0.280 e. The molecule has 0 unspecified atom stereocenters. The van der Waals surface area contributed by atoms with Crippen LogP contribution in [0.3, 0.4) is 0 Å². The molecule has 0 fully saturated rings. The van der Waals surface area contributed by atoms with Crippen molar-refractivity contribution in [3.8, 4) is 0 Å². The lowest BCUT2D eigenvalue weighted by Crippen LogP contribution is -1.98. The summed E-state index contributed by atoms with van der Waals surface area (Å²) in [5.41, 5.74) is -0.516. The van der Waals surface area contributed by atoms with E-state index in [0.29, 0.717) is 3.57 Å². The van der Waals surface area contributed by atoms with E-state index in [4.69, 9.17) is 0 Å². The Balaban J connectivity index is 3.21. The maximum atomic E-state index is 12.7. The van der Waals surface area contributed by atoms with Crippen LogP contribution in [0.2, 0.25) is 0 Å². The summed E-state index contributed by atoms with van der Waals surface area (Å²) in [6.45, 7) is 0. The second-order valence-corrected chi connectivity index (χ2v) is 4.18. The van der Waals surface area contributed by atoms with Gasteiger partial charge in [0.05, 0.1) is 3.57 Å². The van der Waals surface area contributed by atoms with Crippen LogP contribution < -0.4 is 0 Å². The van der Waals surface area contributed by atoms with E-state index in [0.717, 1.165) is 0 Å². The maximum absolute atomic E-state index is 12.7. The van der Waals surface area contributed by atoms with Gasteiger partial charge < -0.3 is 0 Å². The molecular formula is C6H2F3I2N. The van der Waals surface area contributed by atoms with E-state index >= 15 is 0 Å². The molecule has 1 nitrogen and oxygen atoms in total. The molecule has 0 saturated heterocycles. The summed E-state index contributed by atoms with van der Waals surface area (Å²) in [6, 6.07) is 1.18. The monoisotopic (exact) mass is 399 g/mol. The molecule has 1 heterocycles. The smallest absolute Gasteiger partial charge is 0.218 e. The van der Waals surface area contributed by atoms with E-state index < -0.39 is 18.1 Å². The molecule has 0 aliphatic rings. The second-order valence-electron chi connectivity index (χ2n) is 1.93. The van der Waals surface area contributed by atoms with Crippen molar-refractivity contribution in [2.24, 2.45) is 0 Å². The summed E-state index contributed by atoms with van der Waals surface area (Å²) in [7, 11) is 0. The molecule has 1 aromatic rings. The van der Waals surface area contributed by atoms with Gasteiger partial charge in [0.1, 0.15) is 5.69 Å². The average molecular weight is 399 g/mol. The Labute approximate surface area is 94.0 Å². The summed E-state index contributed by atoms with van der Waals surface area (Å²) < 4.78 is 37.5. The number of halogens is 5. The Morgan fingerprint density at radius 2 is 1.92 bits per heavy atom. The molecule has 0 amide bonds. The number of hydrogen-bond donors (Lipinski definition) is 0. The number of rotatable bonds is 1. The van der Waals surface area contributed by atoms with Gasteiger partial charge in [-0.1, -0.05) is 0 Å². The highest BCUT2D eigenvalue weighted by Crippen LogP contribution is 2.23. The average Bonchev–Trinajstić information content (AvgIpc) is 1.99. The molecule has 0 N–H and O–H groups in total. The van der Waals surface area contributed by atoms with Crippen molar-refractivity contribution < 1.29 is 13.2 Å². The molecule has 12 heavy (non-hydrogen) atoms. The second kappa shape index (κ2) is 4.07. The third-order valence-corrected chi connectivity index (χ3v) is 4.03. The lowest BCUT2D eigenvalue weighted by molar-refractivity contribution is 0.144. The van der Waals surface area contributed by atoms with Crippen LogP contribution in [0, 0.1) is 13.1 Å². The lowest BCUT2D eigenvalue weighted by Gasteiger charge is -2.01.